The molecule has 0 saturated heterocycles. The molecule has 2 N–H and O–H groups in total. The highest BCUT2D eigenvalue weighted by Gasteiger charge is 2.37. The molecule has 124 valence electrons. The highest BCUT2D eigenvalue weighted by molar-refractivity contribution is 7.89. The number of benzene rings is 1. The fourth-order valence-electron chi connectivity index (χ4n) is 2.79. The predicted molar refractivity (Wildman–Crippen MR) is 86.5 cm³/mol. The summed E-state index contributed by atoms with van der Waals surface area (Å²) in [5, 5.41) is 14.1. The van der Waals surface area contributed by atoms with Crippen LogP contribution in [0.25, 0.3) is 0 Å². The molecule has 0 bridgehead atoms. The second-order valence-corrected chi connectivity index (χ2v) is 8.04. The zero-order chi connectivity index (χ0) is 16.6. The lowest BCUT2D eigenvalue weighted by atomic mass is 9.76. The second kappa shape index (κ2) is 6.24. The molecule has 0 spiro atoms. The maximum absolute atomic E-state index is 12.6. The first-order chi connectivity index (χ1) is 10.8. The molecule has 1 aromatic heterocycles. The first-order valence-electron chi connectivity index (χ1n) is 7.29. The molecule has 23 heavy (non-hydrogen) atoms. The van der Waals surface area contributed by atoms with Gasteiger partial charge in [-0.2, -0.15) is 5.10 Å². The first-order valence-corrected chi connectivity index (χ1v) is 9.16. The Balaban J connectivity index is 1.87. The van der Waals surface area contributed by atoms with Gasteiger partial charge in [-0.05, 0) is 43.0 Å². The molecule has 0 unspecified atom stereocenters. The van der Waals surface area contributed by atoms with Crippen LogP contribution < -0.4 is 4.72 Å². The third-order valence-electron chi connectivity index (χ3n) is 4.11. The number of hydrogen-bond acceptors (Lipinski definition) is 4. The number of aliphatic hydroxyl groups excluding tert-OH is 1. The Hall–Kier alpha value is -1.41. The van der Waals surface area contributed by atoms with Crippen molar-refractivity contribution in [1.82, 2.24) is 14.5 Å². The number of aromatic nitrogens is 2. The van der Waals surface area contributed by atoms with Crippen molar-refractivity contribution in [3.8, 4) is 0 Å². The summed E-state index contributed by atoms with van der Waals surface area (Å²) in [6.07, 6.45) is 4.23. The van der Waals surface area contributed by atoms with Crippen molar-refractivity contribution >= 4 is 21.6 Å². The van der Waals surface area contributed by atoms with Crippen LogP contribution in [0.15, 0.2) is 41.6 Å². The van der Waals surface area contributed by atoms with E-state index in [4.69, 9.17) is 11.6 Å². The molecule has 3 rings (SSSR count). The van der Waals surface area contributed by atoms with Crippen LogP contribution in [0.5, 0.6) is 0 Å². The van der Waals surface area contributed by atoms with Gasteiger partial charge in [0.05, 0.1) is 23.2 Å². The number of nitrogens with zero attached hydrogens (tertiary/aromatic N) is 2. The monoisotopic (exact) mass is 355 g/mol. The van der Waals surface area contributed by atoms with Crippen LogP contribution in [0.1, 0.15) is 24.4 Å². The van der Waals surface area contributed by atoms with Gasteiger partial charge in [-0.1, -0.05) is 11.6 Å². The molecule has 0 radical (unpaired) electrons. The molecule has 0 amide bonds. The molecule has 0 aliphatic heterocycles. The van der Waals surface area contributed by atoms with Crippen LogP contribution in [-0.4, -0.2) is 29.4 Å². The van der Waals surface area contributed by atoms with Crippen LogP contribution >= 0.6 is 11.6 Å². The van der Waals surface area contributed by atoms with Crippen molar-refractivity contribution in [2.75, 3.05) is 0 Å². The van der Waals surface area contributed by atoms with Crippen molar-refractivity contribution in [3.63, 3.8) is 0 Å². The zero-order valence-corrected chi connectivity index (χ0v) is 14.1. The summed E-state index contributed by atoms with van der Waals surface area (Å²) >= 11 is 5.81. The molecule has 1 saturated carbocycles. The van der Waals surface area contributed by atoms with Gasteiger partial charge in [-0.3, -0.25) is 4.68 Å². The van der Waals surface area contributed by atoms with E-state index < -0.39 is 16.1 Å². The summed E-state index contributed by atoms with van der Waals surface area (Å²) in [7, 11) is -1.90. The standard InChI is InChI=1S/C15H18ClN3O3S/c1-19-9-11(8-17-19)15(10-6-13(20)7-10)18-23(21,22)14-4-2-12(16)3-5-14/h2-5,8-10,13,15,18,20H,6-7H2,1H3/t10?,13?,15-/m1/s1. The molecule has 1 aromatic carbocycles. The van der Waals surface area contributed by atoms with E-state index in [1.54, 1.807) is 36.3 Å². The van der Waals surface area contributed by atoms with Gasteiger partial charge in [0.25, 0.3) is 0 Å². The third kappa shape index (κ3) is 3.58. The summed E-state index contributed by atoms with van der Waals surface area (Å²) in [4.78, 5) is 0.163. The van der Waals surface area contributed by atoms with Gasteiger partial charge in [-0.25, -0.2) is 13.1 Å². The molecule has 2 aromatic rings. The summed E-state index contributed by atoms with van der Waals surface area (Å²) in [5.41, 5.74) is 0.793. The van der Waals surface area contributed by atoms with E-state index in [2.05, 4.69) is 9.82 Å². The minimum absolute atomic E-state index is 0.0521. The van der Waals surface area contributed by atoms with Gasteiger partial charge >= 0.3 is 0 Å². The Bertz CT molecular complexity index is 783. The second-order valence-electron chi connectivity index (χ2n) is 5.89. The molecule has 8 heteroatoms. The Labute approximate surface area is 140 Å². The predicted octanol–water partition coefficient (Wildman–Crippen LogP) is 1.86. The van der Waals surface area contributed by atoms with Crippen LogP contribution in [0.3, 0.4) is 0 Å². The summed E-state index contributed by atoms with van der Waals surface area (Å²) < 4.78 is 29.6. The lowest BCUT2D eigenvalue weighted by Crippen LogP contribution is -2.41. The fraction of sp³-hybridized carbons (Fsp3) is 0.400. The minimum atomic E-state index is -3.68. The van der Waals surface area contributed by atoms with Gasteiger partial charge in [-0.15, -0.1) is 0 Å². The highest BCUT2D eigenvalue weighted by Crippen LogP contribution is 2.38. The maximum atomic E-state index is 12.6. The number of halogens is 1. The average Bonchev–Trinajstić information content (AvgIpc) is 2.89. The zero-order valence-electron chi connectivity index (χ0n) is 12.6. The number of sulfonamides is 1. The smallest absolute Gasteiger partial charge is 0.241 e. The van der Waals surface area contributed by atoms with Crippen LogP contribution in [0.4, 0.5) is 0 Å². The van der Waals surface area contributed by atoms with Crippen molar-refractivity contribution in [3.05, 3.63) is 47.2 Å². The molecular weight excluding hydrogens is 338 g/mol. The quantitative estimate of drug-likeness (QED) is 0.857. The van der Waals surface area contributed by atoms with Crippen LogP contribution in [0.2, 0.25) is 5.02 Å². The summed E-state index contributed by atoms with van der Waals surface area (Å²) in [5.74, 6) is 0.0521. The number of aryl methyl sites for hydroxylation is 1. The van der Waals surface area contributed by atoms with Crippen LogP contribution in [0, 0.1) is 5.92 Å². The summed E-state index contributed by atoms with van der Waals surface area (Å²) in [6, 6.07) is 5.62. The molecule has 1 aliphatic carbocycles. The van der Waals surface area contributed by atoms with E-state index in [-0.39, 0.29) is 16.9 Å². The lowest BCUT2D eigenvalue weighted by molar-refractivity contribution is 0.0280. The van der Waals surface area contributed by atoms with E-state index in [1.165, 1.54) is 12.1 Å². The van der Waals surface area contributed by atoms with Crippen molar-refractivity contribution in [1.29, 1.82) is 0 Å². The van der Waals surface area contributed by atoms with E-state index in [0.29, 0.717) is 17.9 Å². The molecule has 1 fully saturated rings. The average molecular weight is 356 g/mol. The van der Waals surface area contributed by atoms with Gasteiger partial charge in [0.2, 0.25) is 10.0 Å². The van der Waals surface area contributed by atoms with E-state index in [9.17, 15) is 13.5 Å². The van der Waals surface area contributed by atoms with E-state index >= 15 is 0 Å². The van der Waals surface area contributed by atoms with E-state index in [0.717, 1.165) is 5.56 Å². The normalized spacial score (nSPS) is 22.6. The minimum Gasteiger partial charge on any atom is -0.393 e. The summed E-state index contributed by atoms with van der Waals surface area (Å²) in [6.45, 7) is 0. The van der Waals surface area contributed by atoms with Gasteiger partial charge < -0.3 is 5.11 Å². The lowest BCUT2D eigenvalue weighted by Gasteiger charge is -2.37. The Kier molecular flexibility index (Phi) is 4.46. The van der Waals surface area contributed by atoms with Gasteiger partial charge in [0, 0.05) is 23.8 Å². The van der Waals surface area contributed by atoms with Crippen molar-refractivity contribution < 1.29 is 13.5 Å². The Morgan fingerprint density at radius 3 is 2.52 bits per heavy atom. The molecule has 6 nitrogen and oxygen atoms in total. The highest BCUT2D eigenvalue weighted by atomic mass is 35.5. The number of rotatable bonds is 5. The van der Waals surface area contributed by atoms with E-state index in [1.807, 2.05) is 0 Å². The van der Waals surface area contributed by atoms with Gasteiger partial charge in [0.1, 0.15) is 0 Å². The molecular formula is C15H18ClN3O3S. The maximum Gasteiger partial charge on any atom is 0.241 e. The number of aliphatic hydroxyl groups is 1. The fourth-order valence-corrected chi connectivity index (χ4v) is 4.21. The molecule has 1 aliphatic rings. The van der Waals surface area contributed by atoms with Gasteiger partial charge in [0.15, 0.2) is 0 Å². The SMILES string of the molecule is Cn1cc([C@H](NS(=O)(=O)c2ccc(Cl)cc2)C2CC(O)C2)cn1. The number of hydrogen-bond donors (Lipinski definition) is 2. The third-order valence-corrected chi connectivity index (χ3v) is 5.82. The Morgan fingerprint density at radius 1 is 1.35 bits per heavy atom. The van der Waals surface area contributed by atoms with Crippen molar-refractivity contribution in [2.24, 2.45) is 13.0 Å². The van der Waals surface area contributed by atoms with Crippen LogP contribution in [-0.2, 0) is 17.1 Å². The molecule has 1 heterocycles. The van der Waals surface area contributed by atoms with Crippen molar-refractivity contribution in [2.45, 2.75) is 29.9 Å². The first kappa shape index (κ1) is 16.4. The largest absolute Gasteiger partial charge is 0.393 e. The Morgan fingerprint density at radius 2 is 2.00 bits per heavy atom. The number of nitrogens with one attached hydrogen (secondary N) is 1. The molecule has 1 atom stereocenters. The topological polar surface area (TPSA) is 84.2 Å².